The van der Waals surface area contributed by atoms with Gasteiger partial charge in [0.25, 0.3) is 6.10 Å². The van der Waals surface area contributed by atoms with Gasteiger partial charge in [0.05, 0.1) is 6.61 Å². The van der Waals surface area contributed by atoms with E-state index in [1.165, 1.54) is 6.10 Å². The third-order valence-electron chi connectivity index (χ3n) is 1.69. The Hall–Kier alpha value is -0.210. The fourth-order valence-corrected chi connectivity index (χ4v) is 1.26. The van der Waals surface area contributed by atoms with Crippen LogP contribution in [-0.2, 0) is 9.47 Å². The zero-order chi connectivity index (χ0) is 5.40. The molecule has 2 fully saturated rings. The van der Waals surface area contributed by atoms with E-state index in [2.05, 4.69) is 0 Å². The molecule has 2 heteroatoms. The minimum atomic E-state index is 0.370. The van der Waals surface area contributed by atoms with Crippen LogP contribution >= 0.6 is 0 Å². The first-order valence-corrected chi connectivity index (χ1v) is 3.07. The summed E-state index contributed by atoms with van der Waals surface area (Å²) in [5.74, 6) is 0. The first-order chi connectivity index (χ1) is 3.97. The van der Waals surface area contributed by atoms with E-state index in [9.17, 15) is 0 Å². The van der Waals surface area contributed by atoms with E-state index >= 15 is 0 Å². The third-order valence-corrected chi connectivity index (χ3v) is 1.69. The van der Waals surface area contributed by atoms with Gasteiger partial charge in [-0.25, -0.2) is 0 Å². The van der Waals surface area contributed by atoms with Crippen molar-refractivity contribution in [2.45, 2.75) is 18.9 Å². The zero-order valence-electron chi connectivity index (χ0n) is 4.72. The fraction of sp³-hybridized carbons (Fsp3) is 0.833. The van der Waals surface area contributed by atoms with Gasteiger partial charge in [-0.3, -0.25) is 0 Å². The van der Waals surface area contributed by atoms with Gasteiger partial charge in [-0.15, -0.1) is 0 Å². The Morgan fingerprint density at radius 2 is 2.38 bits per heavy atom. The van der Waals surface area contributed by atoms with Crippen LogP contribution in [0.4, 0.5) is 0 Å². The molecule has 0 saturated carbocycles. The van der Waals surface area contributed by atoms with Gasteiger partial charge in [0.2, 0.25) is 6.10 Å². The summed E-state index contributed by atoms with van der Waals surface area (Å²) in [5, 5.41) is 0. The molecule has 1 atom stereocenters. The smallest absolute Gasteiger partial charge is 0.274 e. The topological polar surface area (TPSA) is 18.5 Å². The van der Waals surface area contributed by atoms with Gasteiger partial charge in [-0.1, -0.05) is 0 Å². The third kappa shape index (κ3) is 0.533. The molecule has 8 heavy (non-hydrogen) atoms. The molecule has 1 unspecified atom stereocenters. The van der Waals surface area contributed by atoms with Gasteiger partial charge in [-0.05, 0) is 0 Å². The van der Waals surface area contributed by atoms with Crippen LogP contribution in [0.2, 0.25) is 0 Å². The van der Waals surface area contributed by atoms with Crippen LogP contribution in [0, 0.1) is 6.10 Å². The average molecular weight is 113 g/mol. The van der Waals surface area contributed by atoms with Crippen LogP contribution in [0.15, 0.2) is 0 Å². The number of hydrogen-bond donors (Lipinski definition) is 0. The minimum absolute atomic E-state index is 0.370. The fourth-order valence-electron chi connectivity index (χ4n) is 1.26. The lowest BCUT2D eigenvalue weighted by Gasteiger charge is -1.89. The maximum absolute atomic E-state index is 5.31. The first-order valence-electron chi connectivity index (χ1n) is 3.07. The Bertz CT molecular complexity index is 72.5. The van der Waals surface area contributed by atoms with Crippen LogP contribution in [0.25, 0.3) is 0 Å². The Balaban J connectivity index is 2.04. The molecule has 0 aromatic heterocycles. The quantitative estimate of drug-likeness (QED) is 0.431. The number of fused-ring (bicyclic) bond motifs is 1. The molecule has 44 valence electrons. The van der Waals surface area contributed by atoms with Crippen molar-refractivity contribution in [1.82, 2.24) is 0 Å². The molecule has 2 aliphatic rings. The molecule has 0 amide bonds. The Morgan fingerprint density at radius 3 is 3.25 bits per heavy atom. The highest BCUT2D eigenvalue weighted by Gasteiger charge is 2.46. The van der Waals surface area contributed by atoms with Crippen molar-refractivity contribution < 1.29 is 9.47 Å². The molecular formula is C6H9O2+. The van der Waals surface area contributed by atoms with Crippen molar-refractivity contribution in [3.63, 3.8) is 0 Å². The summed E-state index contributed by atoms with van der Waals surface area (Å²) in [5.41, 5.74) is 0. The number of hydrogen-bond acceptors (Lipinski definition) is 2. The molecular weight excluding hydrogens is 104 g/mol. The predicted octanol–water partition coefficient (Wildman–Crippen LogP) is 0.728. The molecule has 2 aliphatic heterocycles. The molecule has 0 bridgehead atoms. The Morgan fingerprint density at radius 1 is 1.38 bits per heavy atom. The van der Waals surface area contributed by atoms with E-state index in [0.717, 1.165) is 26.1 Å². The van der Waals surface area contributed by atoms with E-state index < -0.39 is 0 Å². The lowest BCUT2D eigenvalue weighted by atomic mass is 10.2. The molecule has 2 heterocycles. The predicted molar refractivity (Wildman–Crippen MR) is 28.2 cm³/mol. The van der Waals surface area contributed by atoms with Gasteiger partial charge in [0.1, 0.15) is 13.0 Å². The highest BCUT2D eigenvalue weighted by atomic mass is 16.6. The van der Waals surface area contributed by atoms with Crippen molar-refractivity contribution in [3.05, 3.63) is 6.10 Å². The molecule has 0 aromatic rings. The summed E-state index contributed by atoms with van der Waals surface area (Å²) < 4.78 is 10.6. The van der Waals surface area contributed by atoms with E-state index in [0.29, 0.717) is 6.10 Å². The largest absolute Gasteiger partial charge is 0.330 e. The second-order valence-electron chi connectivity index (χ2n) is 2.21. The molecule has 2 saturated heterocycles. The van der Waals surface area contributed by atoms with Crippen LogP contribution in [-0.4, -0.2) is 19.3 Å². The van der Waals surface area contributed by atoms with Gasteiger partial charge < -0.3 is 4.74 Å². The van der Waals surface area contributed by atoms with Crippen LogP contribution in [0.5, 0.6) is 0 Å². The number of rotatable bonds is 0. The van der Waals surface area contributed by atoms with E-state index in [1.807, 2.05) is 0 Å². The normalized spacial score (nSPS) is 36.0. The summed E-state index contributed by atoms with van der Waals surface area (Å²) in [7, 11) is 0. The second-order valence-corrected chi connectivity index (χ2v) is 2.21. The average Bonchev–Trinajstić information content (AvgIpc) is 2.15. The zero-order valence-corrected chi connectivity index (χ0v) is 4.72. The van der Waals surface area contributed by atoms with Crippen molar-refractivity contribution in [1.29, 1.82) is 0 Å². The highest BCUT2D eigenvalue weighted by Crippen LogP contribution is 2.31. The van der Waals surface area contributed by atoms with E-state index in [1.54, 1.807) is 0 Å². The van der Waals surface area contributed by atoms with Gasteiger partial charge >= 0.3 is 0 Å². The van der Waals surface area contributed by atoms with Crippen molar-refractivity contribution in [2.24, 2.45) is 0 Å². The molecule has 0 aromatic carbocycles. The number of ether oxygens (including phenoxy) is 2. The molecule has 2 nitrogen and oxygen atoms in total. The minimum Gasteiger partial charge on any atom is -0.330 e. The monoisotopic (exact) mass is 113 g/mol. The van der Waals surface area contributed by atoms with E-state index in [-0.39, 0.29) is 0 Å². The molecule has 0 radical (unpaired) electrons. The summed E-state index contributed by atoms with van der Waals surface area (Å²) in [6.07, 6.45) is 3.67. The standard InChI is InChI=1S/C6H9O2/c1-3-7-6-2-4-8-5(1)6/h5H,1-4H2/q+1. The lowest BCUT2D eigenvalue weighted by molar-refractivity contribution is 0.117. The lowest BCUT2D eigenvalue weighted by Crippen LogP contribution is -2.05. The van der Waals surface area contributed by atoms with Crippen LogP contribution < -0.4 is 0 Å². The van der Waals surface area contributed by atoms with Crippen LogP contribution in [0.3, 0.4) is 0 Å². The first kappa shape index (κ1) is 4.65. The Labute approximate surface area is 48.8 Å². The van der Waals surface area contributed by atoms with Gasteiger partial charge in [-0.2, -0.15) is 4.74 Å². The molecule has 0 spiro atoms. The molecule has 0 aliphatic carbocycles. The summed E-state index contributed by atoms with van der Waals surface area (Å²) in [4.78, 5) is 0. The Kier molecular flexibility index (Phi) is 0.951. The van der Waals surface area contributed by atoms with Crippen molar-refractivity contribution in [3.8, 4) is 0 Å². The summed E-state index contributed by atoms with van der Waals surface area (Å²) in [6, 6.07) is 0. The second kappa shape index (κ2) is 1.64. The summed E-state index contributed by atoms with van der Waals surface area (Å²) in [6.45, 7) is 1.75. The van der Waals surface area contributed by atoms with Crippen LogP contribution in [0.1, 0.15) is 12.8 Å². The highest BCUT2D eigenvalue weighted by molar-refractivity contribution is 4.97. The molecule has 2 rings (SSSR count). The summed E-state index contributed by atoms with van der Waals surface area (Å²) >= 11 is 0. The van der Waals surface area contributed by atoms with E-state index in [4.69, 9.17) is 9.47 Å². The SMILES string of the molecule is C1CC2OCC[C+]2O1. The van der Waals surface area contributed by atoms with Crippen molar-refractivity contribution >= 4 is 0 Å². The van der Waals surface area contributed by atoms with Gasteiger partial charge in [0, 0.05) is 6.42 Å². The maximum Gasteiger partial charge on any atom is 0.274 e. The van der Waals surface area contributed by atoms with Gasteiger partial charge in [0.15, 0.2) is 0 Å². The molecule has 0 N–H and O–H groups in total. The van der Waals surface area contributed by atoms with Crippen molar-refractivity contribution in [2.75, 3.05) is 13.2 Å². The maximum atomic E-state index is 5.31.